The largest absolute Gasteiger partial charge is 0.298 e. The fourth-order valence-corrected chi connectivity index (χ4v) is 1.79. The number of halogens is 3. The Bertz CT molecular complexity index is 184. The standard InChI is InChI=1S/C9H13ClF2O/c10-6-8(13)5-7-1-3-9(11,12)4-2-7/h7H,1-6H2. The molecule has 4 heteroatoms. The van der Waals surface area contributed by atoms with Crippen molar-refractivity contribution in [3.05, 3.63) is 0 Å². The quantitative estimate of drug-likeness (QED) is 0.655. The SMILES string of the molecule is O=C(CCl)CC1CCC(F)(F)CC1. The minimum absolute atomic E-state index is 0.00684. The molecule has 0 spiro atoms. The van der Waals surface area contributed by atoms with Crippen LogP contribution in [0, 0.1) is 5.92 Å². The third kappa shape index (κ3) is 3.59. The van der Waals surface area contributed by atoms with E-state index in [0.29, 0.717) is 19.3 Å². The summed E-state index contributed by atoms with van der Waals surface area (Å²) in [6, 6.07) is 0. The lowest BCUT2D eigenvalue weighted by Gasteiger charge is -2.27. The Morgan fingerprint density at radius 1 is 1.38 bits per heavy atom. The van der Waals surface area contributed by atoms with E-state index >= 15 is 0 Å². The summed E-state index contributed by atoms with van der Waals surface area (Å²) in [6.45, 7) is 0. The van der Waals surface area contributed by atoms with Crippen molar-refractivity contribution in [2.75, 3.05) is 5.88 Å². The van der Waals surface area contributed by atoms with Crippen LogP contribution in [0.25, 0.3) is 0 Å². The van der Waals surface area contributed by atoms with Gasteiger partial charge >= 0.3 is 0 Å². The van der Waals surface area contributed by atoms with Gasteiger partial charge < -0.3 is 0 Å². The Morgan fingerprint density at radius 2 is 1.92 bits per heavy atom. The minimum atomic E-state index is -2.50. The monoisotopic (exact) mass is 210 g/mol. The molecule has 0 N–H and O–H groups in total. The Morgan fingerprint density at radius 3 is 2.38 bits per heavy atom. The normalized spacial score (nSPS) is 23.0. The van der Waals surface area contributed by atoms with E-state index in [2.05, 4.69) is 0 Å². The van der Waals surface area contributed by atoms with Crippen LogP contribution in [0.5, 0.6) is 0 Å². The number of alkyl halides is 3. The zero-order valence-corrected chi connectivity index (χ0v) is 8.12. The molecule has 1 aliphatic rings. The van der Waals surface area contributed by atoms with Gasteiger partial charge in [0.05, 0.1) is 5.88 Å². The zero-order chi connectivity index (χ0) is 9.90. The van der Waals surface area contributed by atoms with Gasteiger partial charge in [-0.1, -0.05) is 0 Å². The van der Waals surface area contributed by atoms with E-state index in [1.807, 2.05) is 0 Å². The van der Waals surface area contributed by atoms with Gasteiger partial charge in [-0.25, -0.2) is 8.78 Å². The van der Waals surface area contributed by atoms with Crippen molar-refractivity contribution in [1.29, 1.82) is 0 Å². The van der Waals surface area contributed by atoms with Crippen LogP contribution in [-0.2, 0) is 4.79 Å². The molecular formula is C9H13ClF2O. The van der Waals surface area contributed by atoms with E-state index < -0.39 is 5.92 Å². The van der Waals surface area contributed by atoms with Gasteiger partial charge in [-0.05, 0) is 18.8 Å². The maximum atomic E-state index is 12.7. The van der Waals surface area contributed by atoms with Gasteiger partial charge in [0.25, 0.3) is 0 Å². The Labute approximate surface area is 81.4 Å². The molecule has 0 aliphatic heterocycles. The second-order valence-corrected chi connectivity index (χ2v) is 3.94. The summed E-state index contributed by atoms with van der Waals surface area (Å²) in [6.07, 6.45) is 1.13. The number of carbonyl (C=O) groups excluding carboxylic acids is 1. The van der Waals surface area contributed by atoms with Crippen molar-refractivity contribution in [3.63, 3.8) is 0 Å². The smallest absolute Gasteiger partial charge is 0.248 e. The molecule has 0 bridgehead atoms. The van der Waals surface area contributed by atoms with Crippen LogP contribution in [-0.4, -0.2) is 17.6 Å². The molecule has 1 nitrogen and oxygen atoms in total. The van der Waals surface area contributed by atoms with Crippen LogP contribution >= 0.6 is 11.6 Å². The molecule has 0 aromatic heterocycles. The molecule has 13 heavy (non-hydrogen) atoms. The summed E-state index contributed by atoms with van der Waals surface area (Å²) >= 11 is 5.33. The average Bonchev–Trinajstić information content (AvgIpc) is 2.08. The van der Waals surface area contributed by atoms with Crippen LogP contribution in [0.3, 0.4) is 0 Å². The van der Waals surface area contributed by atoms with Crippen molar-refractivity contribution in [2.45, 2.75) is 38.0 Å². The van der Waals surface area contributed by atoms with E-state index in [1.165, 1.54) is 0 Å². The second-order valence-electron chi connectivity index (χ2n) is 3.68. The first-order valence-electron chi connectivity index (χ1n) is 4.49. The van der Waals surface area contributed by atoms with Crippen LogP contribution in [0.1, 0.15) is 32.1 Å². The first kappa shape index (κ1) is 10.9. The van der Waals surface area contributed by atoms with Gasteiger partial charge in [-0.2, -0.15) is 0 Å². The van der Waals surface area contributed by atoms with Crippen LogP contribution in [0.2, 0.25) is 0 Å². The lowest BCUT2D eigenvalue weighted by molar-refractivity contribution is -0.118. The van der Waals surface area contributed by atoms with Crippen molar-refractivity contribution >= 4 is 17.4 Å². The van der Waals surface area contributed by atoms with Gasteiger partial charge in [0, 0.05) is 19.3 Å². The summed E-state index contributed by atoms with van der Waals surface area (Å²) in [5.41, 5.74) is 0. The van der Waals surface area contributed by atoms with Gasteiger partial charge in [0.2, 0.25) is 5.92 Å². The molecule has 0 atom stereocenters. The van der Waals surface area contributed by atoms with Gasteiger partial charge in [0.1, 0.15) is 5.78 Å². The molecule has 0 radical (unpaired) electrons. The number of carbonyl (C=O) groups is 1. The minimum Gasteiger partial charge on any atom is -0.298 e. The lowest BCUT2D eigenvalue weighted by Crippen LogP contribution is -2.25. The second kappa shape index (κ2) is 4.36. The molecule has 1 saturated carbocycles. The molecule has 1 fully saturated rings. The predicted octanol–water partition coefficient (Wildman–Crippen LogP) is 3.01. The molecule has 0 saturated heterocycles. The number of Topliss-reactive ketones (excluding diaryl/α,β-unsaturated/α-hetero) is 1. The van der Waals surface area contributed by atoms with E-state index in [1.54, 1.807) is 0 Å². The van der Waals surface area contributed by atoms with Crippen LogP contribution in [0.15, 0.2) is 0 Å². The Balaban J connectivity index is 2.29. The summed E-state index contributed by atoms with van der Waals surface area (Å²) in [5.74, 6) is -2.39. The average molecular weight is 211 g/mol. The fourth-order valence-electron chi connectivity index (χ4n) is 1.68. The summed E-state index contributed by atoms with van der Waals surface area (Å²) in [7, 11) is 0. The van der Waals surface area contributed by atoms with E-state index in [0.717, 1.165) is 0 Å². The highest BCUT2D eigenvalue weighted by molar-refractivity contribution is 6.27. The lowest BCUT2D eigenvalue weighted by atomic mass is 9.84. The molecule has 1 aliphatic carbocycles. The highest BCUT2D eigenvalue weighted by Gasteiger charge is 2.35. The van der Waals surface area contributed by atoms with E-state index in [-0.39, 0.29) is 30.4 Å². The number of ketones is 1. The first-order valence-corrected chi connectivity index (χ1v) is 5.02. The zero-order valence-electron chi connectivity index (χ0n) is 7.36. The Hall–Kier alpha value is -0.180. The van der Waals surface area contributed by atoms with Crippen LogP contribution < -0.4 is 0 Å². The Kier molecular flexibility index (Phi) is 3.65. The van der Waals surface area contributed by atoms with E-state index in [9.17, 15) is 13.6 Å². The molecule has 0 aromatic rings. The van der Waals surface area contributed by atoms with Crippen LogP contribution in [0.4, 0.5) is 8.78 Å². The van der Waals surface area contributed by atoms with Crippen molar-refractivity contribution in [3.8, 4) is 0 Å². The predicted molar refractivity (Wildman–Crippen MR) is 47.2 cm³/mol. The number of hydrogen-bond acceptors (Lipinski definition) is 1. The maximum absolute atomic E-state index is 12.7. The molecule has 1 rings (SSSR count). The highest BCUT2D eigenvalue weighted by Crippen LogP contribution is 2.37. The maximum Gasteiger partial charge on any atom is 0.248 e. The number of rotatable bonds is 3. The van der Waals surface area contributed by atoms with Gasteiger partial charge in [0.15, 0.2) is 0 Å². The molecule has 0 unspecified atom stereocenters. The summed E-state index contributed by atoms with van der Waals surface area (Å²) < 4.78 is 25.4. The third-order valence-corrected chi connectivity index (χ3v) is 2.80. The van der Waals surface area contributed by atoms with Crippen molar-refractivity contribution in [2.24, 2.45) is 5.92 Å². The first-order chi connectivity index (χ1) is 6.03. The number of hydrogen-bond donors (Lipinski definition) is 0. The molecule has 76 valence electrons. The molecule has 0 amide bonds. The van der Waals surface area contributed by atoms with E-state index in [4.69, 9.17) is 11.6 Å². The fraction of sp³-hybridized carbons (Fsp3) is 0.889. The van der Waals surface area contributed by atoms with Gasteiger partial charge in [-0.3, -0.25) is 4.79 Å². The highest BCUT2D eigenvalue weighted by atomic mass is 35.5. The third-order valence-electron chi connectivity index (χ3n) is 2.50. The molecule has 0 heterocycles. The molecular weight excluding hydrogens is 198 g/mol. The summed E-state index contributed by atoms with van der Waals surface area (Å²) in [5, 5.41) is 0. The molecule has 0 aromatic carbocycles. The summed E-state index contributed by atoms with van der Waals surface area (Å²) in [4.78, 5) is 10.9. The van der Waals surface area contributed by atoms with Crippen molar-refractivity contribution in [1.82, 2.24) is 0 Å². The topological polar surface area (TPSA) is 17.1 Å². The van der Waals surface area contributed by atoms with Gasteiger partial charge in [-0.15, -0.1) is 11.6 Å². The van der Waals surface area contributed by atoms with Crippen molar-refractivity contribution < 1.29 is 13.6 Å².